The van der Waals surface area contributed by atoms with Crippen LogP contribution in [0.4, 0.5) is 0 Å². The van der Waals surface area contributed by atoms with Crippen molar-refractivity contribution in [3.05, 3.63) is 90.3 Å². The molecule has 0 bridgehead atoms. The highest BCUT2D eigenvalue weighted by Gasteiger charge is 2.14. The summed E-state index contributed by atoms with van der Waals surface area (Å²) in [6, 6.07) is 20.3. The minimum absolute atomic E-state index is 0.734. The van der Waals surface area contributed by atoms with Gasteiger partial charge in [0.05, 0.1) is 29.0 Å². The first kappa shape index (κ1) is 16.4. The average molecular weight is 343 g/mol. The molecule has 0 saturated heterocycles. The predicted octanol–water partition coefficient (Wildman–Crippen LogP) is 3.57. The van der Waals surface area contributed by atoms with E-state index in [9.17, 15) is 0 Å². The van der Waals surface area contributed by atoms with E-state index in [4.69, 9.17) is 4.98 Å². The fraction of sp³-hybridized carbons (Fsp3) is 0.190. The van der Waals surface area contributed by atoms with E-state index in [1.54, 1.807) is 0 Å². The zero-order valence-corrected chi connectivity index (χ0v) is 14.8. The molecule has 0 saturated carbocycles. The van der Waals surface area contributed by atoms with Crippen molar-refractivity contribution in [3.8, 4) is 0 Å². The molecule has 130 valence electrons. The highest BCUT2D eigenvalue weighted by molar-refractivity contribution is 5.75. The standard InChI is InChI=1S/C21H21N5/c1-25-20-11-3-2-10-19(20)24-21(25)16-26(14-17-8-4-6-12-22-17)15-18-9-5-7-13-23-18/h2-13H,14-16H2,1H3. The first-order valence-corrected chi connectivity index (χ1v) is 8.72. The number of hydrogen-bond acceptors (Lipinski definition) is 4. The third kappa shape index (κ3) is 3.63. The second kappa shape index (κ2) is 7.45. The van der Waals surface area contributed by atoms with Crippen LogP contribution in [0, 0.1) is 0 Å². The molecule has 0 amide bonds. The van der Waals surface area contributed by atoms with Gasteiger partial charge in [0.1, 0.15) is 5.82 Å². The Morgan fingerprint density at radius 2 is 1.38 bits per heavy atom. The van der Waals surface area contributed by atoms with E-state index in [2.05, 4.69) is 50.7 Å². The van der Waals surface area contributed by atoms with Gasteiger partial charge in [0, 0.05) is 32.5 Å². The van der Waals surface area contributed by atoms with Crippen molar-refractivity contribution in [2.45, 2.75) is 19.6 Å². The van der Waals surface area contributed by atoms with Gasteiger partial charge < -0.3 is 4.57 Å². The molecule has 0 aliphatic carbocycles. The zero-order chi connectivity index (χ0) is 17.8. The topological polar surface area (TPSA) is 46.8 Å². The molecule has 26 heavy (non-hydrogen) atoms. The molecule has 0 spiro atoms. The fourth-order valence-electron chi connectivity index (χ4n) is 3.15. The van der Waals surface area contributed by atoms with Gasteiger partial charge in [-0.05, 0) is 36.4 Å². The summed E-state index contributed by atoms with van der Waals surface area (Å²) >= 11 is 0. The lowest BCUT2D eigenvalue weighted by Crippen LogP contribution is -2.25. The Kier molecular flexibility index (Phi) is 4.71. The van der Waals surface area contributed by atoms with Crippen molar-refractivity contribution < 1.29 is 0 Å². The van der Waals surface area contributed by atoms with Crippen LogP contribution in [0.2, 0.25) is 0 Å². The summed E-state index contributed by atoms with van der Waals surface area (Å²) in [7, 11) is 2.07. The third-order valence-corrected chi connectivity index (χ3v) is 4.47. The zero-order valence-electron chi connectivity index (χ0n) is 14.8. The van der Waals surface area contributed by atoms with Crippen LogP contribution in [-0.4, -0.2) is 24.4 Å². The Morgan fingerprint density at radius 1 is 0.769 bits per heavy atom. The van der Waals surface area contributed by atoms with E-state index < -0.39 is 0 Å². The summed E-state index contributed by atoms with van der Waals surface area (Å²) in [5.41, 5.74) is 4.27. The number of rotatable bonds is 6. The number of pyridine rings is 2. The van der Waals surface area contributed by atoms with E-state index >= 15 is 0 Å². The molecule has 0 N–H and O–H groups in total. The largest absolute Gasteiger partial charge is 0.330 e. The van der Waals surface area contributed by atoms with Crippen LogP contribution in [0.15, 0.2) is 73.1 Å². The summed E-state index contributed by atoms with van der Waals surface area (Å²) < 4.78 is 2.17. The van der Waals surface area contributed by atoms with Gasteiger partial charge in [0.15, 0.2) is 0 Å². The van der Waals surface area contributed by atoms with Gasteiger partial charge in [-0.15, -0.1) is 0 Å². The molecule has 4 rings (SSSR count). The van der Waals surface area contributed by atoms with Crippen LogP contribution < -0.4 is 0 Å². The van der Waals surface area contributed by atoms with Gasteiger partial charge >= 0.3 is 0 Å². The Hall–Kier alpha value is -3.05. The van der Waals surface area contributed by atoms with Gasteiger partial charge in [0.25, 0.3) is 0 Å². The van der Waals surface area contributed by atoms with Gasteiger partial charge in [-0.3, -0.25) is 14.9 Å². The molecule has 0 fully saturated rings. The minimum atomic E-state index is 0.734. The quantitative estimate of drug-likeness (QED) is 0.537. The number of nitrogens with zero attached hydrogens (tertiary/aromatic N) is 5. The van der Waals surface area contributed by atoms with E-state index in [1.807, 2.05) is 48.8 Å². The molecule has 5 nitrogen and oxygen atoms in total. The second-order valence-electron chi connectivity index (χ2n) is 6.36. The second-order valence-corrected chi connectivity index (χ2v) is 6.36. The monoisotopic (exact) mass is 343 g/mol. The van der Waals surface area contributed by atoms with Gasteiger partial charge in [-0.25, -0.2) is 4.98 Å². The first-order chi connectivity index (χ1) is 12.8. The number of benzene rings is 1. The molecule has 0 unspecified atom stereocenters. The Bertz CT molecular complexity index is 938. The van der Waals surface area contributed by atoms with Crippen LogP contribution in [0.25, 0.3) is 11.0 Å². The summed E-state index contributed by atoms with van der Waals surface area (Å²) in [6.07, 6.45) is 3.67. The van der Waals surface area contributed by atoms with Crippen molar-refractivity contribution in [3.63, 3.8) is 0 Å². The SMILES string of the molecule is Cn1c(CN(Cc2ccccn2)Cc2ccccn2)nc2ccccc21. The molecule has 0 atom stereocenters. The minimum Gasteiger partial charge on any atom is -0.330 e. The van der Waals surface area contributed by atoms with E-state index in [0.29, 0.717) is 0 Å². The third-order valence-electron chi connectivity index (χ3n) is 4.47. The molecule has 5 heteroatoms. The predicted molar refractivity (Wildman–Crippen MR) is 102 cm³/mol. The summed E-state index contributed by atoms with van der Waals surface area (Å²) in [5.74, 6) is 1.04. The molecule has 1 aromatic carbocycles. The van der Waals surface area contributed by atoms with Gasteiger partial charge in [-0.2, -0.15) is 0 Å². The number of imidazole rings is 1. The lowest BCUT2D eigenvalue weighted by atomic mass is 10.3. The Balaban J connectivity index is 1.62. The van der Waals surface area contributed by atoms with Crippen molar-refractivity contribution >= 4 is 11.0 Å². The molecule has 0 aliphatic heterocycles. The van der Waals surface area contributed by atoms with Gasteiger partial charge in [-0.1, -0.05) is 24.3 Å². The van der Waals surface area contributed by atoms with Crippen LogP contribution >= 0.6 is 0 Å². The number of para-hydroxylation sites is 2. The molecule has 3 heterocycles. The maximum atomic E-state index is 4.82. The van der Waals surface area contributed by atoms with E-state index in [-0.39, 0.29) is 0 Å². The van der Waals surface area contributed by atoms with Crippen molar-refractivity contribution in [1.82, 2.24) is 24.4 Å². The van der Waals surface area contributed by atoms with Crippen molar-refractivity contribution in [2.24, 2.45) is 7.05 Å². The number of aromatic nitrogens is 4. The smallest absolute Gasteiger partial charge is 0.123 e. The fourth-order valence-corrected chi connectivity index (χ4v) is 3.15. The normalized spacial score (nSPS) is 11.3. The van der Waals surface area contributed by atoms with E-state index in [0.717, 1.165) is 47.9 Å². The number of fused-ring (bicyclic) bond motifs is 1. The Morgan fingerprint density at radius 3 is 1.96 bits per heavy atom. The van der Waals surface area contributed by atoms with Crippen LogP contribution in [0.1, 0.15) is 17.2 Å². The van der Waals surface area contributed by atoms with Gasteiger partial charge in [0.2, 0.25) is 0 Å². The Labute approximate surface area is 153 Å². The number of hydrogen-bond donors (Lipinski definition) is 0. The van der Waals surface area contributed by atoms with Crippen LogP contribution in [0.3, 0.4) is 0 Å². The molecule has 0 aliphatic rings. The molecular formula is C21H21N5. The summed E-state index contributed by atoms with van der Waals surface area (Å²) in [6.45, 7) is 2.24. The molecule has 3 aromatic heterocycles. The molecule has 0 radical (unpaired) electrons. The molecular weight excluding hydrogens is 322 g/mol. The highest BCUT2D eigenvalue weighted by atomic mass is 15.2. The summed E-state index contributed by atoms with van der Waals surface area (Å²) in [5, 5.41) is 0. The van der Waals surface area contributed by atoms with Crippen molar-refractivity contribution in [1.29, 1.82) is 0 Å². The van der Waals surface area contributed by atoms with E-state index in [1.165, 1.54) is 0 Å². The van der Waals surface area contributed by atoms with Crippen LogP contribution in [0.5, 0.6) is 0 Å². The maximum Gasteiger partial charge on any atom is 0.123 e. The lowest BCUT2D eigenvalue weighted by Gasteiger charge is -2.21. The highest BCUT2D eigenvalue weighted by Crippen LogP contribution is 2.17. The number of aryl methyl sites for hydroxylation is 1. The first-order valence-electron chi connectivity index (χ1n) is 8.72. The lowest BCUT2D eigenvalue weighted by molar-refractivity contribution is 0.233. The molecule has 4 aromatic rings. The van der Waals surface area contributed by atoms with Crippen LogP contribution in [-0.2, 0) is 26.7 Å². The summed E-state index contributed by atoms with van der Waals surface area (Å²) in [4.78, 5) is 16.1. The maximum absolute atomic E-state index is 4.82. The van der Waals surface area contributed by atoms with Crippen molar-refractivity contribution in [2.75, 3.05) is 0 Å². The average Bonchev–Trinajstić information content (AvgIpc) is 2.99.